The molecule has 9 nitrogen and oxygen atoms in total. The minimum absolute atomic E-state index is 0.0147. The number of thiazole rings is 1. The van der Waals surface area contributed by atoms with E-state index in [9.17, 15) is 24.6 Å². The summed E-state index contributed by atoms with van der Waals surface area (Å²) in [5.41, 5.74) is 2.97. The lowest BCUT2D eigenvalue weighted by molar-refractivity contribution is -0.163. The van der Waals surface area contributed by atoms with Crippen LogP contribution >= 0.6 is 23.1 Å². The fourth-order valence-electron chi connectivity index (χ4n) is 6.09. The summed E-state index contributed by atoms with van der Waals surface area (Å²) >= 11 is 3.13. The van der Waals surface area contributed by atoms with Crippen LogP contribution in [0.25, 0.3) is 10.2 Å². The molecule has 0 radical (unpaired) electrons. The average molecular weight is 551 g/mol. The van der Waals surface area contributed by atoms with Crippen molar-refractivity contribution in [2.75, 3.05) is 11.1 Å². The Bertz CT molecular complexity index is 1470. The van der Waals surface area contributed by atoms with Crippen LogP contribution in [0.15, 0.2) is 58.3 Å². The first-order chi connectivity index (χ1) is 18.3. The molecule has 6 rings (SSSR count). The Labute approximate surface area is 227 Å². The van der Waals surface area contributed by atoms with E-state index < -0.39 is 18.0 Å². The highest BCUT2D eigenvalue weighted by atomic mass is 32.2. The molecule has 0 unspecified atom stereocenters. The number of β-lactam (4-membered cyclic amide) rings is 1. The number of hydrogen-bond donors (Lipinski definition) is 3. The maximum atomic E-state index is 12.7. The van der Waals surface area contributed by atoms with E-state index in [1.165, 1.54) is 22.4 Å². The Morgan fingerprint density at radius 2 is 2.13 bits per heavy atom. The summed E-state index contributed by atoms with van der Waals surface area (Å²) in [5.74, 6) is -1.44. The number of aliphatic carboxylic acids is 1. The van der Waals surface area contributed by atoms with Crippen molar-refractivity contribution >= 4 is 56.8 Å². The standard InChI is InChI=1S/C27H26N4O5S2/c1-13(32)20-22-17-6-2-4-15(21(17)23(26(35)36)31(22)25(20)34)12-37-27-30-18-8-7-16(10-19(18)38-27)29-24(33)14-5-3-9-28-11-14/h3,5,7-11,13,15,17,20,22,32H,2,4,6,12H2,1H3,(H,29,33)(H,35,36)/t13-,15+,17+,20-,22-/m1/s1. The molecule has 2 amide bonds. The summed E-state index contributed by atoms with van der Waals surface area (Å²) in [4.78, 5) is 47.6. The van der Waals surface area contributed by atoms with Crippen LogP contribution in [0.3, 0.4) is 0 Å². The number of nitrogens with zero attached hydrogens (tertiary/aromatic N) is 3. The molecule has 1 saturated heterocycles. The van der Waals surface area contributed by atoms with E-state index in [1.807, 2.05) is 18.2 Å². The number of aliphatic hydroxyl groups excluding tert-OH is 1. The van der Waals surface area contributed by atoms with Crippen LogP contribution in [-0.2, 0) is 9.59 Å². The minimum atomic E-state index is -1.07. The fraction of sp³-hybridized carbons (Fsp3) is 0.370. The van der Waals surface area contributed by atoms with E-state index in [0.717, 1.165) is 39.4 Å². The molecule has 2 fully saturated rings. The lowest BCUT2D eigenvalue weighted by Crippen LogP contribution is -2.64. The van der Waals surface area contributed by atoms with E-state index in [4.69, 9.17) is 4.98 Å². The van der Waals surface area contributed by atoms with Crippen molar-refractivity contribution in [1.82, 2.24) is 14.9 Å². The molecule has 2 aromatic heterocycles. The van der Waals surface area contributed by atoms with E-state index in [2.05, 4.69) is 10.3 Å². The van der Waals surface area contributed by atoms with Crippen LogP contribution < -0.4 is 5.32 Å². The van der Waals surface area contributed by atoms with Gasteiger partial charge in [-0.3, -0.25) is 14.6 Å². The monoisotopic (exact) mass is 550 g/mol. The highest BCUT2D eigenvalue weighted by molar-refractivity contribution is 8.01. The molecule has 11 heteroatoms. The predicted octanol–water partition coefficient (Wildman–Crippen LogP) is 4.01. The summed E-state index contributed by atoms with van der Waals surface area (Å²) in [5, 5.41) is 23.1. The number of hydrogen-bond acceptors (Lipinski definition) is 8. The number of aliphatic hydroxyl groups is 1. The van der Waals surface area contributed by atoms with Gasteiger partial charge >= 0.3 is 5.97 Å². The maximum absolute atomic E-state index is 12.7. The lowest BCUT2D eigenvalue weighted by Gasteiger charge is -2.47. The first-order valence-electron chi connectivity index (χ1n) is 12.6. The van der Waals surface area contributed by atoms with Gasteiger partial charge in [-0.05, 0) is 61.6 Å². The Morgan fingerprint density at radius 3 is 2.87 bits per heavy atom. The largest absolute Gasteiger partial charge is 0.477 e. The number of carboxylic acids is 1. The number of carbonyl (C=O) groups excluding carboxylic acids is 2. The van der Waals surface area contributed by atoms with E-state index >= 15 is 0 Å². The number of nitrogens with one attached hydrogen (secondary N) is 1. The molecule has 0 bridgehead atoms. The molecule has 3 aromatic rings. The van der Waals surface area contributed by atoms with Crippen molar-refractivity contribution in [3.8, 4) is 0 Å². The van der Waals surface area contributed by atoms with Crippen molar-refractivity contribution in [3.63, 3.8) is 0 Å². The molecule has 38 heavy (non-hydrogen) atoms. The van der Waals surface area contributed by atoms with Gasteiger partial charge in [0.25, 0.3) is 5.91 Å². The van der Waals surface area contributed by atoms with Gasteiger partial charge in [0.05, 0.1) is 33.8 Å². The van der Waals surface area contributed by atoms with Crippen LogP contribution in [0.2, 0.25) is 0 Å². The Hall–Kier alpha value is -3.28. The van der Waals surface area contributed by atoms with Crippen LogP contribution in [0, 0.1) is 17.8 Å². The van der Waals surface area contributed by atoms with Crippen LogP contribution in [0.4, 0.5) is 5.69 Å². The number of carboxylic acid groups (broad SMARTS) is 1. The quantitative estimate of drug-likeness (QED) is 0.297. The highest BCUT2D eigenvalue weighted by Gasteiger charge is 2.62. The van der Waals surface area contributed by atoms with Gasteiger partial charge < -0.3 is 20.4 Å². The van der Waals surface area contributed by atoms with E-state index in [0.29, 0.717) is 17.0 Å². The average Bonchev–Trinajstić information content (AvgIpc) is 3.44. The molecular weight excluding hydrogens is 524 g/mol. The van der Waals surface area contributed by atoms with Gasteiger partial charge in [0.2, 0.25) is 5.91 Å². The lowest BCUT2D eigenvalue weighted by atomic mass is 9.70. The van der Waals surface area contributed by atoms with Gasteiger partial charge in [-0.2, -0.15) is 0 Å². The molecule has 3 aliphatic rings. The molecule has 196 valence electrons. The number of carbonyl (C=O) groups is 3. The van der Waals surface area contributed by atoms with Crippen LogP contribution in [0.1, 0.15) is 36.5 Å². The molecule has 1 aromatic carbocycles. The zero-order valence-corrected chi connectivity index (χ0v) is 22.2. The molecular formula is C27H26N4O5S2. The number of fused-ring (bicyclic) bond motifs is 4. The normalized spacial score (nSPS) is 25.1. The summed E-state index contributed by atoms with van der Waals surface area (Å²) in [6, 6.07) is 8.76. The van der Waals surface area contributed by atoms with Gasteiger partial charge in [-0.15, -0.1) is 11.3 Å². The van der Waals surface area contributed by atoms with Crippen molar-refractivity contribution in [2.45, 2.75) is 42.7 Å². The van der Waals surface area contributed by atoms with E-state index in [-0.39, 0.29) is 35.4 Å². The van der Waals surface area contributed by atoms with Gasteiger partial charge in [0.15, 0.2) is 4.34 Å². The molecule has 4 heterocycles. The Kier molecular flexibility index (Phi) is 6.45. The second-order valence-electron chi connectivity index (χ2n) is 9.98. The second kappa shape index (κ2) is 9.79. The second-order valence-corrected chi connectivity index (χ2v) is 12.3. The van der Waals surface area contributed by atoms with Gasteiger partial charge in [0.1, 0.15) is 5.70 Å². The molecule has 2 aliphatic heterocycles. The van der Waals surface area contributed by atoms with Crippen molar-refractivity contribution in [3.05, 3.63) is 59.6 Å². The maximum Gasteiger partial charge on any atom is 0.352 e. The van der Waals surface area contributed by atoms with Crippen molar-refractivity contribution in [2.24, 2.45) is 17.8 Å². The number of amides is 2. The van der Waals surface area contributed by atoms with Crippen molar-refractivity contribution < 1.29 is 24.6 Å². The summed E-state index contributed by atoms with van der Waals surface area (Å²) in [6.45, 7) is 1.61. The van der Waals surface area contributed by atoms with Crippen LogP contribution in [0.5, 0.6) is 0 Å². The van der Waals surface area contributed by atoms with Gasteiger partial charge in [-0.25, -0.2) is 9.78 Å². The smallest absolute Gasteiger partial charge is 0.352 e. The number of rotatable bonds is 7. The SMILES string of the molecule is C[C@@H](O)[C@H]1C(=O)N2C(C(=O)O)=C3[C@H](CSc4nc5ccc(NC(=O)c6cccnc6)cc5s4)CCC[C@@H]3[C@H]12. The van der Waals surface area contributed by atoms with E-state index in [1.54, 1.807) is 37.0 Å². The highest BCUT2D eigenvalue weighted by Crippen LogP contribution is 2.54. The third kappa shape index (κ3) is 4.18. The molecule has 1 saturated carbocycles. The summed E-state index contributed by atoms with van der Waals surface area (Å²) in [7, 11) is 0. The van der Waals surface area contributed by atoms with Gasteiger partial charge in [0, 0.05) is 29.8 Å². The number of anilines is 1. The summed E-state index contributed by atoms with van der Waals surface area (Å²) in [6.07, 6.45) is 4.99. The summed E-state index contributed by atoms with van der Waals surface area (Å²) < 4.78 is 1.81. The first kappa shape index (κ1) is 25.0. The third-order valence-electron chi connectivity index (χ3n) is 7.70. The predicted molar refractivity (Wildman–Crippen MR) is 144 cm³/mol. The minimum Gasteiger partial charge on any atom is -0.477 e. The van der Waals surface area contributed by atoms with Gasteiger partial charge in [-0.1, -0.05) is 18.2 Å². The molecule has 3 N–H and O–H groups in total. The Balaban J connectivity index is 1.19. The first-order valence-corrected chi connectivity index (χ1v) is 14.4. The zero-order valence-electron chi connectivity index (χ0n) is 20.5. The van der Waals surface area contributed by atoms with Crippen LogP contribution in [-0.4, -0.2) is 60.8 Å². The number of benzene rings is 1. The molecule has 5 atom stereocenters. The number of pyridine rings is 1. The fourth-order valence-corrected chi connectivity index (χ4v) is 8.39. The zero-order chi connectivity index (χ0) is 26.6. The topological polar surface area (TPSA) is 133 Å². The Morgan fingerprint density at radius 1 is 1.29 bits per heavy atom. The third-order valence-corrected chi connectivity index (χ3v) is 10.0. The number of aromatic nitrogens is 2. The molecule has 0 spiro atoms. The molecule has 1 aliphatic carbocycles. The van der Waals surface area contributed by atoms with Crippen molar-refractivity contribution in [1.29, 1.82) is 0 Å². The number of thioether (sulfide) groups is 1.